The number of hydrogen-bond donors (Lipinski definition) is 0. The van der Waals surface area contributed by atoms with Crippen LogP contribution >= 0.6 is 0 Å². The lowest BCUT2D eigenvalue weighted by atomic mass is 9.92. The quantitative estimate of drug-likeness (QED) is 0.209. The Morgan fingerprint density at radius 1 is 0.625 bits per heavy atom. The second-order valence-electron chi connectivity index (χ2n) is 11.2. The third kappa shape index (κ3) is 5.08. The lowest BCUT2D eigenvalue weighted by Crippen LogP contribution is -2.07. The van der Waals surface area contributed by atoms with Gasteiger partial charge in [0.1, 0.15) is 5.82 Å². The standard InChI is InChI=1S/C37H35N3/c1-25(2)33-16-9-17-34(26(3)4)36(33)40-19-18-38-37(40)31-15-8-11-28(22-31)20-27-10-7-14-30(21-27)35-23-29-12-5-6-13-32(29)24-39-35/h5-19,21-26H,20H2,1-4H3. The molecule has 0 saturated heterocycles. The third-order valence-electron chi connectivity index (χ3n) is 7.67. The minimum absolute atomic E-state index is 0.416. The lowest BCUT2D eigenvalue weighted by Gasteiger charge is -2.22. The lowest BCUT2D eigenvalue weighted by molar-refractivity contribution is 0.806. The van der Waals surface area contributed by atoms with Gasteiger partial charge in [-0.05, 0) is 64.1 Å². The normalized spacial score (nSPS) is 11.6. The summed E-state index contributed by atoms with van der Waals surface area (Å²) in [6.07, 6.45) is 6.83. The largest absolute Gasteiger partial charge is 0.299 e. The minimum atomic E-state index is 0.416. The Hall–Kier alpha value is -4.50. The first-order chi connectivity index (χ1) is 19.5. The van der Waals surface area contributed by atoms with Crippen LogP contribution in [0.25, 0.3) is 39.1 Å². The predicted molar refractivity (Wildman–Crippen MR) is 167 cm³/mol. The van der Waals surface area contributed by atoms with Crippen LogP contribution in [0.4, 0.5) is 0 Å². The van der Waals surface area contributed by atoms with Gasteiger partial charge in [-0.3, -0.25) is 9.55 Å². The maximum Gasteiger partial charge on any atom is 0.144 e. The van der Waals surface area contributed by atoms with Gasteiger partial charge in [-0.2, -0.15) is 0 Å². The number of pyridine rings is 1. The predicted octanol–water partition coefficient (Wildman–Crippen LogP) is 9.59. The average molecular weight is 522 g/mol. The maximum absolute atomic E-state index is 4.85. The van der Waals surface area contributed by atoms with Crippen molar-refractivity contribution < 1.29 is 0 Å². The molecule has 6 aromatic rings. The number of fused-ring (bicyclic) bond motifs is 1. The summed E-state index contributed by atoms with van der Waals surface area (Å²) in [5.41, 5.74) is 9.75. The van der Waals surface area contributed by atoms with Gasteiger partial charge in [0.2, 0.25) is 0 Å². The van der Waals surface area contributed by atoms with E-state index < -0.39 is 0 Å². The van der Waals surface area contributed by atoms with Crippen molar-refractivity contribution in [2.75, 3.05) is 0 Å². The van der Waals surface area contributed by atoms with Crippen LogP contribution in [0.5, 0.6) is 0 Å². The van der Waals surface area contributed by atoms with Gasteiger partial charge in [-0.15, -0.1) is 0 Å². The zero-order valence-corrected chi connectivity index (χ0v) is 23.7. The van der Waals surface area contributed by atoms with E-state index in [0.29, 0.717) is 11.8 Å². The summed E-state index contributed by atoms with van der Waals surface area (Å²) < 4.78 is 2.29. The second-order valence-corrected chi connectivity index (χ2v) is 11.2. The Labute approximate surface area is 237 Å². The molecule has 2 heterocycles. The summed E-state index contributed by atoms with van der Waals surface area (Å²) in [6, 6.07) is 34.8. The van der Waals surface area contributed by atoms with E-state index in [2.05, 4.69) is 136 Å². The third-order valence-corrected chi connectivity index (χ3v) is 7.67. The van der Waals surface area contributed by atoms with E-state index in [0.717, 1.165) is 34.5 Å². The Morgan fingerprint density at radius 2 is 1.25 bits per heavy atom. The monoisotopic (exact) mass is 521 g/mol. The molecule has 3 nitrogen and oxygen atoms in total. The number of imidazole rings is 1. The fourth-order valence-electron chi connectivity index (χ4n) is 5.63. The molecule has 0 atom stereocenters. The van der Waals surface area contributed by atoms with Gasteiger partial charge in [0, 0.05) is 35.1 Å². The Kier molecular flexibility index (Phi) is 7.04. The van der Waals surface area contributed by atoms with Crippen molar-refractivity contribution in [2.45, 2.75) is 46.0 Å². The van der Waals surface area contributed by atoms with Crippen LogP contribution in [-0.4, -0.2) is 14.5 Å². The highest BCUT2D eigenvalue weighted by Gasteiger charge is 2.18. The van der Waals surface area contributed by atoms with Gasteiger partial charge in [0.05, 0.1) is 11.4 Å². The molecule has 198 valence electrons. The van der Waals surface area contributed by atoms with E-state index in [-0.39, 0.29) is 0 Å². The van der Waals surface area contributed by atoms with Gasteiger partial charge in [0.25, 0.3) is 0 Å². The first-order valence-corrected chi connectivity index (χ1v) is 14.2. The summed E-state index contributed by atoms with van der Waals surface area (Å²) in [5, 5.41) is 2.37. The van der Waals surface area contributed by atoms with E-state index in [9.17, 15) is 0 Å². The van der Waals surface area contributed by atoms with Crippen molar-refractivity contribution in [3.05, 3.63) is 138 Å². The van der Waals surface area contributed by atoms with Gasteiger partial charge in [-0.1, -0.05) is 107 Å². The minimum Gasteiger partial charge on any atom is -0.299 e. The molecule has 0 aliphatic carbocycles. The van der Waals surface area contributed by atoms with E-state index in [4.69, 9.17) is 9.97 Å². The Balaban J connectivity index is 1.33. The van der Waals surface area contributed by atoms with Crippen molar-refractivity contribution in [3.8, 4) is 28.3 Å². The first-order valence-electron chi connectivity index (χ1n) is 14.2. The average Bonchev–Trinajstić information content (AvgIpc) is 3.46. The number of para-hydroxylation sites is 1. The van der Waals surface area contributed by atoms with E-state index >= 15 is 0 Å². The van der Waals surface area contributed by atoms with Gasteiger partial charge in [0.15, 0.2) is 0 Å². The molecule has 6 rings (SSSR count). The topological polar surface area (TPSA) is 30.7 Å². The van der Waals surface area contributed by atoms with Crippen LogP contribution in [0.15, 0.2) is 116 Å². The molecule has 0 radical (unpaired) electrons. The van der Waals surface area contributed by atoms with E-state index in [1.165, 1.54) is 33.3 Å². The van der Waals surface area contributed by atoms with E-state index in [1.54, 1.807) is 0 Å². The highest BCUT2D eigenvalue weighted by molar-refractivity contribution is 5.85. The highest BCUT2D eigenvalue weighted by atomic mass is 15.1. The fraction of sp³-hybridized carbons (Fsp3) is 0.189. The fourth-order valence-corrected chi connectivity index (χ4v) is 5.63. The highest BCUT2D eigenvalue weighted by Crippen LogP contribution is 2.34. The van der Waals surface area contributed by atoms with Crippen LogP contribution in [-0.2, 0) is 6.42 Å². The Morgan fingerprint density at radius 3 is 1.95 bits per heavy atom. The van der Waals surface area contributed by atoms with Crippen molar-refractivity contribution in [1.82, 2.24) is 14.5 Å². The number of hydrogen-bond acceptors (Lipinski definition) is 2. The van der Waals surface area contributed by atoms with Gasteiger partial charge >= 0.3 is 0 Å². The van der Waals surface area contributed by atoms with Crippen molar-refractivity contribution >= 4 is 10.8 Å². The van der Waals surface area contributed by atoms with Crippen molar-refractivity contribution in [1.29, 1.82) is 0 Å². The zero-order chi connectivity index (χ0) is 27.6. The zero-order valence-electron chi connectivity index (χ0n) is 23.7. The molecule has 0 amide bonds. The molecule has 0 aliphatic heterocycles. The molecule has 2 aromatic heterocycles. The molecule has 0 fully saturated rings. The molecular formula is C37H35N3. The molecule has 0 bridgehead atoms. The Bertz CT molecular complexity index is 1760. The molecule has 0 saturated carbocycles. The number of rotatable bonds is 7. The summed E-state index contributed by atoms with van der Waals surface area (Å²) in [6.45, 7) is 9.06. The van der Waals surface area contributed by atoms with Crippen LogP contribution < -0.4 is 0 Å². The summed E-state index contributed by atoms with van der Waals surface area (Å²) in [7, 11) is 0. The summed E-state index contributed by atoms with van der Waals surface area (Å²) in [4.78, 5) is 9.58. The van der Waals surface area contributed by atoms with Crippen molar-refractivity contribution in [2.24, 2.45) is 0 Å². The molecule has 40 heavy (non-hydrogen) atoms. The van der Waals surface area contributed by atoms with Crippen molar-refractivity contribution in [3.63, 3.8) is 0 Å². The molecule has 4 aromatic carbocycles. The SMILES string of the molecule is CC(C)c1cccc(C(C)C)c1-n1ccnc1-c1cccc(Cc2cccc(-c3cc4ccccc4cn3)c2)c1. The molecule has 0 spiro atoms. The van der Waals surface area contributed by atoms with Crippen LogP contribution in [0.1, 0.15) is 61.8 Å². The summed E-state index contributed by atoms with van der Waals surface area (Å²) >= 11 is 0. The molecular weight excluding hydrogens is 486 g/mol. The number of nitrogens with zero attached hydrogens (tertiary/aromatic N) is 3. The smallest absolute Gasteiger partial charge is 0.144 e. The van der Waals surface area contributed by atoms with Gasteiger partial charge in [-0.25, -0.2) is 4.98 Å². The number of aromatic nitrogens is 3. The molecule has 0 aliphatic rings. The second kappa shape index (κ2) is 10.9. The van der Waals surface area contributed by atoms with E-state index in [1.807, 2.05) is 12.4 Å². The van der Waals surface area contributed by atoms with Gasteiger partial charge < -0.3 is 0 Å². The number of benzene rings is 4. The van der Waals surface area contributed by atoms with Crippen LogP contribution in [0, 0.1) is 0 Å². The van der Waals surface area contributed by atoms with Crippen LogP contribution in [0.3, 0.4) is 0 Å². The van der Waals surface area contributed by atoms with Crippen LogP contribution in [0.2, 0.25) is 0 Å². The molecule has 0 unspecified atom stereocenters. The molecule has 0 N–H and O–H groups in total. The maximum atomic E-state index is 4.85. The molecule has 3 heteroatoms. The summed E-state index contributed by atoms with van der Waals surface area (Å²) in [5.74, 6) is 1.81. The first kappa shape index (κ1) is 25.8.